The van der Waals surface area contributed by atoms with Crippen molar-refractivity contribution in [2.24, 2.45) is 5.73 Å². The van der Waals surface area contributed by atoms with E-state index >= 15 is 0 Å². The number of hydrogen-bond acceptors (Lipinski definition) is 6. The van der Waals surface area contributed by atoms with Crippen molar-refractivity contribution >= 4 is 15.9 Å². The van der Waals surface area contributed by atoms with Gasteiger partial charge in [0.1, 0.15) is 12.0 Å². The largest absolute Gasteiger partial charge is 0.467 e. The van der Waals surface area contributed by atoms with Gasteiger partial charge in [0.2, 0.25) is 10.0 Å². The van der Waals surface area contributed by atoms with E-state index in [0.29, 0.717) is 24.4 Å². The lowest BCUT2D eigenvalue weighted by Gasteiger charge is -2.33. The van der Waals surface area contributed by atoms with Crippen molar-refractivity contribution in [2.45, 2.75) is 26.5 Å². The van der Waals surface area contributed by atoms with Crippen LogP contribution in [0.4, 0.5) is 0 Å². The second-order valence-electron chi connectivity index (χ2n) is 5.93. The van der Waals surface area contributed by atoms with Crippen molar-refractivity contribution in [3.8, 4) is 0 Å². The Hall–Kier alpha value is -1.42. The lowest BCUT2D eigenvalue weighted by Crippen LogP contribution is -2.51. The van der Waals surface area contributed by atoms with E-state index in [9.17, 15) is 13.2 Å². The van der Waals surface area contributed by atoms with Crippen LogP contribution >= 0.6 is 0 Å². The van der Waals surface area contributed by atoms with Gasteiger partial charge in [-0.05, 0) is 19.9 Å². The molecular formula is C15H25N3O5S. The molecule has 24 heavy (non-hydrogen) atoms. The molecule has 0 atom stereocenters. The van der Waals surface area contributed by atoms with E-state index in [1.165, 1.54) is 10.6 Å². The first-order valence-corrected chi connectivity index (χ1v) is 9.60. The van der Waals surface area contributed by atoms with Gasteiger partial charge in [-0.25, -0.2) is 8.42 Å². The summed E-state index contributed by atoms with van der Waals surface area (Å²) in [5.41, 5.74) is 5.91. The number of nitrogens with two attached hydrogens (primary N) is 1. The van der Waals surface area contributed by atoms with Crippen LogP contribution in [-0.4, -0.2) is 68.2 Å². The molecule has 1 aromatic rings. The number of hydrogen-bond donors (Lipinski definition) is 1. The average Bonchev–Trinajstić information content (AvgIpc) is 3.03. The van der Waals surface area contributed by atoms with Crippen molar-refractivity contribution in [1.29, 1.82) is 0 Å². The molecule has 1 saturated heterocycles. The number of amides is 1. The van der Waals surface area contributed by atoms with E-state index in [1.807, 2.05) is 13.8 Å². The van der Waals surface area contributed by atoms with Crippen LogP contribution in [0.25, 0.3) is 0 Å². The van der Waals surface area contributed by atoms with E-state index in [-0.39, 0.29) is 44.0 Å². The third-order valence-corrected chi connectivity index (χ3v) is 5.65. The lowest BCUT2D eigenvalue weighted by molar-refractivity contribution is 0.0693. The monoisotopic (exact) mass is 359 g/mol. The molecule has 1 amide bonds. The summed E-state index contributed by atoms with van der Waals surface area (Å²) in [5, 5.41) is 0. The van der Waals surface area contributed by atoms with E-state index < -0.39 is 10.0 Å². The molecule has 0 radical (unpaired) electrons. The van der Waals surface area contributed by atoms with E-state index in [0.717, 1.165) is 0 Å². The Balaban J connectivity index is 1.87. The fourth-order valence-corrected chi connectivity index (χ4v) is 3.75. The third-order valence-electron chi connectivity index (χ3n) is 3.81. The van der Waals surface area contributed by atoms with Crippen molar-refractivity contribution in [1.82, 2.24) is 9.21 Å². The summed E-state index contributed by atoms with van der Waals surface area (Å²) in [6, 6.07) is 1.62. The van der Waals surface area contributed by atoms with Crippen LogP contribution in [0, 0.1) is 0 Å². The lowest BCUT2D eigenvalue weighted by atomic mass is 10.2. The molecular weight excluding hydrogens is 334 g/mol. The molecule has 8 nitrogen and oxygen atoms in total. The molecule has 0 aliphatic carbocycles. The summed E-state index contributed by atoms with van der Waals surface area (Å²) < 4.78 is 36.4. The number of furan rings is 1. The van der Waals surface area contributed by atoms with Gasteiger partial charge in [-0.1, -0.05) is 0 Å². The Bertz CT molecular complexity index is 648. The highest BCUT2D eigenvalue weighted by atomic mass is 32.2. The van der Waals surface area contributed by atoms with Gasteiger partial charge in [0.25, 0.3) is 5.91 Å². The minimum atomic E-state index is -3.36. The summed E-state index contributed by atoms with van der Waals surface area (Å²) in [4.78, 5) is 14.0. The number of ether oxygens (including phenoxy) is 1. The van der Waals surface area contributed by atoms with Gasteiger partial charge in [-0.3, -0.25) is 4.79 Å². The van der Waals surface area contributed by atoms with Crippen molar-refractivity contribution in [2.75, 3.05) is 38.5 Å². The SMILES string of the molecule is CC(C)OCCS(=O)(=O)N1CCN(C(=O)c2coc(CN)c2)CC1. The molecule has 9 heteroatoms. The molecule has 1 fully saturated rings. The topological polar surface area (TPSA) is 106 Å². The summed E-state index contributed by atoms with van der Waals surface area (Å²) in [6.07, 6.45) is 1.39. The maximum atomic E-state index is 12.4. The third kappa shape index (κ3) is 4.79. The quantitative estimate of drug-likeness (QED) is 0.748. The van der Waals surface area contributed by atoms with Gasteiger partial charge in [0.05, 0.1) is 30.6 Å². The zero-order valence-corrected chi connectivity index (χ0v) is 14.9. The average molecular weight is 359 g/mol. The highest BCUT2D eigenvalue weighted by molar-refractivity contribution is 7.89. The van der Waals surface area contributed by atoms with Crippen LogP contribution in [0.15, 0.2) is 16.7 Å². The maximum absolute atomic E-state index is 12.4. The summed E-state index contributed by atoms with van der Waals surface area (Å²) >= 11 is 0. The Labute approximate surface area is 142 Å². The van der Waals surface area contributed by atoms with Crippen molar-refractivity contribution in [3.63, 3.8) is 0 Å². The van der Waals surface area contributed by atoms with Crippen LogP contribution in [0.3, 0.4) is 0 Å². The first kappa shape index (κ1) is 18.9. The number of nitrogens with zero attached hydrogens (tertiary/aromatic N) is 2. The molecule has 0 spiro atoms. The number of piperazine rings is 1. The second-order valence-corrected chi connectivity index (χ2v) is 8.02. The fraction of sp³-hybridized carbons (Fsp3) is 0.667. The smallest absolute Gasteiger partial charge is 0.257 e. The Morgan fingerprint density at radius 2 is 2.00 bits per heavy atom. The first-order valence-electron chi connectivity index (χ1n) is 7.99. The molecule has 2 heterocycles. The number of sulfonamides is 1. The van der Waals surface area contributed by atoms with E-state index in [2.05, 4.69) is 0 Å². The molecule has 0 bridgehead atoms. The zero-order valence-electron chi connectivity index (χ0n) is 14.1. The minimum Gasteiger partial charge on any atom is -0.467 e. The van der Waals surface area contributed by atoms with E-state index in [1.54, 1.807) is 11.0 Å². The van der Waals surface area contributed by atoms with Gasteiger partial charge in [-0.2, -0.15) is 4.31 Å². The molecule has 0 unspecified atom stereocenters. The van der Waals surface area contributed by atoms with Gasteiger partial charge >= 0.3 is 0 Å². The highest BCUT2D eigenvalue weighted by Gasteiger charge is 2.29. The molecule has 0 aromatic carbocycles. The van der Waals surface area contributed by atoms with Gasteiger partial charge in [-0.15, -0.1) is 0 Å². The number of carbonyl (C=O) groups is 1. The molecule has 2 rings (SSSR count). The van der Waals surface area contributed by atoms with E-state index in [4.69, 9.17) is 14.9 Å². The summed E-state index contributed by atoms with van der Waals surface area (Å²) in [7, 11) is -3.36. The predicted octanol–water partition coefficient (Wildman–Crippen LogP) is 0.251. The van der Waals surface area contributed by atoms with Crippen molar-refractivity contribution in [3.05, 3.63) is 23.7 Å². The molecule has 0 saturated carbocycles. The number of carbonyl (C=O) groups excluding carboxylic acids is 1. The summed E-state index contributed by atoms with van der Waals surface area (Å²) in [6.45, 7) is 5.42. The van der Waals surface area contributed by atoms with Crippen LogP contribution in [-0.2, 0) is 21.3 Å². The Morgan fingerprint density at radius 1 is 1.33 bits per heavy atom. The highest BCUT2D eigenvalue weighted by Crippen LogP contribution is 2.14. The van der Waals surface area contributed by atoms with Crippen LogP contribution < -0.4 is 5.73 Å². The van der Waals surface area contributed by atoms with Crippen LogP contribution in [0.2, 0.25) is 0 Å². The van der Waals surface area contributed by atoms with Crippen LogP contribution in [0.1, 0.15) is 30.0 Å². The first-order chi connectivity index (χ1) is 11.3. The zero-order chi connectivity index (χ0) is 17.7. The Kier molecular flexibility index (Phi) is 6.39. The maximum Gasteiger partial charge on any atom is 0.257 e. The van der Waals surface area contributed by atoms with Crippen molar-refractivity contribution < 1.29 is 22.4 Å². The standard InChI is InChI=1S/C15H25N3O5S/c1-12(2)22-7-8-24(20,21)18-5-3-17(4-6-18)15(19)13-9-14(10-16)23-11-13/h9,11-12H,3-8,10,16H2,1-2H3. The fourth-order valence-electron chi connectivity index (χ4n) is 2.47. The Morgan fingerprint density at radius 3 is 2.54 bits per heavy atom. The molecule has 1 aliphatic heterocycles. The minimum absolute atomic E-state index is 0.00282. The van der Waals surface area contributed by atoms with Gasteiger partial charge < -0.3 is 19.8 Å². The van der Waals surface area contributed by atoms with Gasteiger partial charge in [0, 0.05) is 26.2 Å². The predicted molar refractivity (Wildman–Crippen MR) is 89.0 cm³/mol. The van der Waals surface area contributed by atoms with Gasteiger partial charge in [0.15, 0.2) is 0 Å². The molecule has 2 N–H and O–H groups in total. The normalized spacial score (nSPS) is 16.8. The second kappa shape index (κ2) is 8.11. The molecule has 136 valence electrons. The molecule has 1 aromatic heterocycles. The summed E-state index contributed by atoms with van der Waals surface area (Å²) in [5.74, 6) is 0.337. The van der Waals surface area contributed by atoms with Crippen LogP contribution in [0.5, 0.6) is 0 Å². The number of rotatable bonds is 7. The molecule has 1 aliphatic rings.